The van der Waals surface area contributed by atoms with E-state index in [-0.39, 0.29) is 17.0 Å². The average molecular weight is 330 g/mol. The Balaban J connectivity index is 4.99. The molecule has 0 aromatic rings. The third-order valence-corrected chi connectivity index (χ3v) is 9.05. The average Bonchev–Trinajstić information content (AvgIpc) is 2.39. The predicted octanol–water partition coefficient (Wildman–Crippen LogP) is 4.39. The molecule has 0 radical (unpaired) electrons. The summed E-state index contributed by atoms with van der Waals surface area (Å²) in [7, 11) is 1.30. The van der Waals surface area contributed by atoms with Crippen molar-refractivity contribution >= 4 is 14.2 Å². The topological polar surface area (TPSA) is 38.8 Å². The molecule has 0 spiro atoms. The van der Waals surface area contributed by atoms with Crippen molar-refractivity contribution in [1.82, 2.24) is 5.06 Å². The number of nitrogens with zero attached hydrogens (tertiary/aromatic N) is 1. The molecule has 0 saturated carbocycles. The summed E-state index contributed by atoms with van der Waals surface area (Å²) >= 11 is 0. The van der Waals surface area contributed by atoms with Crippen molar-refractivity contribution in [3.63, 3.8) is 0 Å². The lowest BCUT2D eigenvalue weighted by Crippen LogP contribution is -2.45. The fourth-order valence-corrected chi connectivity index (χ4v) is 3.20. The van der Waals surface area contributed by atoms with Crippen LogP contribution in [0.4, 0.5) is 0 Å². The molecule has 0 aliphatic carbocycles. The first-order valence-corrected chi connectivity index (χ1v) is 10.9. The van der Waals surface area contributed by atoms with Crippen LogP contribution in [0.15, 0.2) is 11.6 Å². The van der Waals surface area contributed by atoms with Crippen LogP contribution in [-0.2, 0) is 14.1 Å². The number of amides is 1. The smallest absolute Gasteiger partial charge is 0.272 e. The molecule has 0 aromatic heterocycles. The first-order valence-electron chi connectivity index (χ1n) is 8.00. The van der Waals surface area contributed by atoms with Crippen LogP contribution in [0.2, 0.25) is 18.1 Å². The van der Waals surface area contributed by atoms with E-state index >= 15 is 0 Å². The molecule has 0 rings (SSSR count). The van der Waals surface area contributed by atoms with Crippen molar-refractivity contribution < 1.29 is 14.1 Å². The van der Waals surface area contributed by atoms with Gasteiger partial charge in [-0.2, -0.15) is 0 Å². The van der Waals surface area contributed by atoms with Gasteiger partial charge in [-0.25, -0.2) is 5.06 Å². The molecule has 22 heavy (non-hydrogen) atoms. The van der Waals surface area contributed by atoms with Crippen LogP contribution in [-0.4, -0.2) is 39.5 Å². The van der Waals surface area contributed by atoms with Crippen LogP contribution in [0.25, 0.3) is 0 Å². The van der Waals surface area contributed by atoms with Crippen LogP contribution >= 0.6 is 0 Å². The number of carbonyl (C=O) groups is 1. The van der Waals surface area contributed by atoms with Crippen molar-refractivity contribution in [2.24, 2.45) is 5.92 Å². The van der Waals surface area contributed by atoms with Gasteiger partial charge in [0.25, 0.3) is 5.91 Å². The summed E-state index contributed by atoms with van der Waals surface area (Å²) in [6, 6.07) is 0. The number of carbonyl (C=O) groups excluding carboxylic acids is 1. The molecule has 0 unspecified atom stereocenters. The normalized spacial score (nSPS) is 15.1. The molecule has 5 heteroatoms. The monoisotopic (exact) mass is 329 g/mol. The summed E-state index contributed by atoms with van der Waals surface area (Å²) in [5.41, 5.74) is 0.689. The van der Waals surface area contributed by atoms with Gasteiger partial charge in [-0.05, 0) is 37.4 Å². The van der Waals surface area contributed by atoms with Crippen molar-refractivity contribution in [3.05, 3.63) is 11.6 Å². The van der Waals surface area contributed by atoms with E-state index in [4.69, 9.17) is 9.26 Å². The highest BCUT2D eigenvalue weighted by Gasteiger charge is 2.39. The molecule has 0 fully saturated rings. The molecule has 0 saturated heterocycles. The maximum atomic E-state index is 12.0. The van der Waals surface area contributed by atoms with E-state index in [9.17, 15) is 4.79 Å². The summed E-state index contributed by atoms with van der Waals surface area (Å²) in [5.74, 6) is 0.297. The standard InChI is InChI=1S/C17H35NO3Si/c1-13(2)15(21-22(9,10)17(4,5)6)12-11-14(3)16(19)18(7)20-8/h11,13,15H,12H2,1-10H3/b14-11+/t15-/m0/s1. The molecular weight excluding hydrogens is 294 g/mol. The van der Waals surface area contributed by atoms with E-state index in [1.54, 1.807) is 7.05 Å². The van der Waals surface area contributed by atoms with Gasteiger partial charge in [-0.1, -0.05) is 40.7 Å². The summed E-state index contributed by atoms with van der Waals surface area (Å²) in [6.07, 6.45) is 2.85. The molecule has 0 aliphatic heterocycles. The molecule has 0 bridgehead atoms. The molecule has 130 valence electrons. The first-order chi connectivity index (χ1) is 9.83. The Hall–Kier alpha value is -0.653. The van der Waals surface area contributed by atoms with E-state index in [1.807, 2.05) is 13.0 Å². The van der Waals surface area contributed by atoms with E-state index in [1.165, 1.54) is 12.2 Å². The van der Waals surface area contributed by atoms with Gasteiger partial charge in [-0.15, -0.1) is 0 Å². The maximum Gasteiger partial charge on any atom is 0.272 e. The summed E-state index contributed by atoms with van der Waals surface area (Å²) < 4.78 is 6.52. The lowest BCUT2D eigenvalue weighted by atomic mass is 10.0. The SMILES string of the molecule is CON(C)C(=O)/C(C)=C/C[C@H](O[Si](C)(C)C(C)(C)C)C(C)C. The zero-order valence-corrected chi connectivity index (χ0v) is 17.1. The summed E-state index contributed by atoms with van der Waals surface area (Å²) in [6.45, 7) is 17.4. The maximum absolute atomic E-state index is 12.0. The Morgan fingerprint density at radius 3 is 2.14 bits per heavy atom. The van der Waals surface area contributed by atoms with Gasteiger partial charge in [0.15, 0.2) is 8.32 Å². The Morgan fingerprint density at radius 2 is 1.77 bits per heavy atom. The number of hydrogen-bond donors (Lipinski definition) is 0. The van der Waals surface area contributed by atoms with Gasteiger partial charge in [0.2, 0.25) is 0 Å². The van der Waals surface area contributed by atoms with Crippen LogP contribution < -0.4 is 0 Å². The molecule has 1 atom stereocenters. The van der Waals surface area contributed by atoms with Gasteiger partial charge in [-0.3, -0.25) is 9.63 Å². The second-order valence-corrected chi connectivity index (χ2v) is 12.5. The minimum absolute atomic E-state index is 0.114. The number of hydroxylamine groups is 2. The molecule has 4 nitrogen and oxygen atoms in total. The van der Waals surface area contributed by atoms with Crippen LogP contribution in [0.3, 0.4) is 0 Å². The minimum atomic E-state index is -1.81. The van der Waals surface area contributed by atoms with E-state index < -0.39 is 8.32 Å². The Kier molecular flexibility index (Phi) is 8.02. The number of likely N-dealkylation sites (N-methyl/N-ethyl adjacent to an activating group) is 1. The molecule has 0 aliphatic rings. The molecule has 0 N–H and O–H groups in total. The fraction of sp³-hybridized carbons (Fsp3) is 0.824. The van der Waals surface area contributed by atoms with Crippen LogP contribution in [0, 0.1) is 5.92 Å². The first kappa shape index (κ1) is 21.3. The van der Waals surface area contributed by atoms with Crippen molar-refractivity contribution in [3.8, 4) is 0 Å². The highest BCUT2D eigenvalue weighted by Crippen LogP contribution is 2.38. The lowest BCUT2D eigenvalue weighted by molar-refractivity contribution is -0.163. The zero-order chi connectivity index (χ0) is 17.7. The molecule has 1 amide bonds. The van der Waals surface area contributed by atoms with Gasteiger partial charge in [0.1, 0.15) is 0 Å². The zero-order valence-electron chi connectivity index (χ0n) is 16.1. The van der Waals surface area contributed by atoms with Gasteiger partial charge >= 0.3 is 0 Å². The van der Waals surface area contributed by atoms with Crippen molar-refractivity contribution in [1.29, 1.82) is 0 Å². The quantitative estimate of drug-likeness (QED) is 0.395. The van der Waals surface area contributed by atoms with Crippen LogP contribution in [0.1, 0.15) is 48.0 Å². The molecule has 0 heterocycles. The van der Waals surface area contributed by atoms with Crippen molar-refractivity contribution in [2.75, 3.05) is 14.2 Å². The summed E-state index contributed by atoms with van der Waals surface area (Å²) in [4.78, 5) is 16.9. The lowest BCUT2D eigenvalue weighted by Gasteiger charge is -2.40. The number of rotatable bonds is 7. The summed E-state index contributed by atoms with van der Waals surface area (Å²) in [5, 5.41) is 1.43. The van der Waals surface area contributed by atoms with E-state index in [0.29, 0.717) is 11.5 Å². The van der Waals surface area contributed by atoms with Gasteiger partial charge in [0, 0.05) is 12.6 Å². The second kappa shape index (κ2) is 8.27. The molecular formula is C17H35NO3Si. The third-order valence-electron chi connectivity index (χ3n) is 4.55. The predicted molar refractivity (Wildman–Crippen MR) is 95.1 cm³/mol. The van der Waals surface area contributed by atoms with Crippen molar-refractivity contribution in [2.45, 2.75) is 72.2 Å². The minimum Gasteiger partial charge on any atom is -0.413 e. The number of hydrogen-bond acceptors (Lipinski definition) is 3. The molecule has 0 aromatic carbocycles. The van der Waals surface area contributed by atoms with E-state index in [0.717, 1.165) is 6.42 Å². The Bertz CT molecular complexity index is 397. The van der Waals surface area contributed by atoms with Crippen LogP contribution in [0.5, 0.6) is 0 Å². The second-order valence-electron chi connectivity index (χ2n) is 7.77. The highest BCUT2D eigenvalue weighted by molar-refractivity contribution is 6.74. The third kappa shape index (κ3) is 6.22. The Morgan fingerprint density at radius 1 is 1.27 bits per heavy atom. The Labute approximate surface area is 137 Å². The fourth-order valence-electron chi connectivity index (χ4n) is 1.72. The van der Waals surface area contributed by atoms with Gasteiger partial charge < -0.3 is 4.43 Å². The highest BCUT2D eigenvalue weighted by atomic mass is 28.4. The van der Waals surface area contributed by atoms with E-state index in [2.05, 4.69) is 47.7 Å². The van der Waals surface area contributed by atoms with Gasteiger partial charge in [0.05, 0.1) is 13.2 Å². The largest absolute Gasteiger partial charge is 0.413 e.